The second kappa shape index (κ2) is 7.50. The van der Waals surface area contributed by atoms with Gasteiger partial charge in [-0.15, -0.1) is 0 Å². The number of para-hydroxylation sites is 1. The third kappa shape index (κ3) is 4.25. The van der Waals surface area contributed by atoms with Crippen LogP contribution in [0, 0.1) is 13.8 Å². The van der Waals surface area contributed by atoms with Gasteiger partial charge in [-0.2, -0.15) is 0 Å². The Kier molecular flexibility index (Phi) is 5.42. The number of rotatable bonds is 5. The molecular weight excluding hydrogens is 276 g/mol. The van der Waals surface area contributed by atoms with Crippen molar-refractivity contribution in [2.45, 2.75) is 20.3 Å². The van der Waals surface area contributed by atoms with Gasteiger partial charge in [0.15, 0.2) is 0 Å². The van der Waals surface area contributed by atoms with E-state index < -0.39 is 0 Å². The number of ether oxygens (including phenoxy) is 1. The van der Waals surface area contributed by atoms with E-state index in [2.05, 4.69) is 10.6 Å². The maximum atomic E-state index is 12.0. The van der Waals surface area contributed by atoms with Gasteiger partial charge in [0.25, 0.3) is 0 Å². The highest BCUT2D eigenvalue weighted by Crippen LogP contribution is 2.18. The maximum absolute atomic E-state index is 12.0. The number of carbonyl (C=O) groups is 1. The average molecular weight is 298 g/mol. The predicted octanol–water partition coefficient (Wildman–Crippen LogP) is 3.68. The molecule has 0 atom stereocenters. The second-order valence-electron chi connectivity index (χ2n) is 5.26. The lowest BCUT2D eigenvalue weighted by atomic mass is 10.1. The van der Waals surface area contributed by atoms with Gasteiger partial charge in [0.2, 0.25) is 0 Å². The average Bonchev–Trinajstić information content (AvgIpc) is 2.51. The van der Waals surface area contributed by atoms with Crippen LogP contribution in [0.1, 0.15) is 16.7 Å². The zero-order valence-corrected chi connectivity index (χ0v) is 13.3. The first-order valence-electron chi connectivity index (χ1n) is 7.34. The summed E-state index contributed by atoms with van der Waals surface area (Å²) >= 11 is 0. The third-order valence-electron chi connectivity index (χ3n) is 3.51. The van der Waals surface area contributed by atoms with Crippen LogP contribution in [0.4, 0.5) is 10.5 Å². The lowest BCUT2D eigenvalue weighted by Crippen LogP contribution is -2.30. The van der Waals surface area contributed by atoms with Crippen molar-refractivity contribution >= 4 is 11.7 Å². The van der Waals surface area contributed by atoms with Gasteiger partial charge in [-0.25, -0.2) is 4.79 Å². The minimum absolute atomic E-state index is 0.191. The van der Waals surface area contributed by atoms with Gasteiger partial charge < -0.3 is 15.4 Å². The Labute approximate surface area is 131 Å². The first-order chi connectivity index (χ1) is 10.6. The van der Waals surface area contributed by atoms with Gasteiger partial charge in [-0.05, 0) is 49.1 Å². The molecule has 2 rings (SSSR count). The summed E-state index contributed by atoms with van der Waals surface area (Å²) in [7, 11) is 1.65. The van der Waals surface area contributed by atoms with E-state index >= 15 is 0 Å². The fraction of sp³-hybridized carbons (Fsp3) is 0.278. The number of carbonyl (C=O) groups excluding carboxylic acids is 1. The van der Waals surface area contributed by atoms with E-state index in [9.17, 15) is 4.79 Å². The number of hydrogen-bond acceptors (Lipinski definition) is 2. The van der Waals surface area contributed by atoms with Crippen molar-refractivity contribution in [1.29, 1.82) is 0 Å². The molecule has 0 saturated heterocycles. The van der Waals surface area contributed by atoms with Gasteiger partial charge in [-0.3, -0.25) is 0 Å². The second-order valence-corrected chi connectivity index (χ2v) is 5.26. The number of anilines is 1. The van der Waals surface area contributed by atoms with Crippen LogP contribution in [-0.2, 0) is 6.42 Å². The quantitative estimate of drug-likeness (QED) is 0.884. The standard InChI is InChI=1S/C18H22N2O2/c1-13-8-9-14(2)16(12-13)20-18(21)19-11-10-15-6-4-5-7-17(15)22-3/h4-9,12H,10-11H2,1-3H3,(H2,19,20,21). The minimum atomic E-state index is -0.191. The zero-order chi connectivity index (χ0) is 15.9. The number of benzene rings is 2. The highest BCUT2D eigenvalue weighted by atomic mass is 16.5. The molecule has 0 aliphatic carbocycles. The molecule has 0 unspecified atom stereocenters. The first-order valence-corrected chi connectivity index (χ1v) is 7.34. The Balaban J connectivity index is 1.87. The summed E-state index contributed by atoms with van der Waals surface area (Å²) in [5.74, 6) is 0.847. The normalized spacial score (nSPS) is 10.1. The Hall–Kier alpha value is -2.49. The van der Waals surface area contributed by atoms with Crippen LogP contribution < -0.4 is 15.4 Å². The number of amides is 2. The lowest BCUT2D eigenvalue weighted by Gasteiger charge is -2.12. The Morgan fingerprint density at radius 1 is 1.14 bits per heavy atom. The molecule has 0 aliphatic heterocycles. The summed E-state index contributed by atoms with van der Waals surface area (Å²) in [6, 6.07) is 13.6. The van der Waals surface area contributed by atoms with Crippen molar-refractivity contribution in [2.75, 3.05) is 19.0 Å². The molecule has 2 aromatic rings. The van der Waals surface area contributed by atoms with E-state index in [1.54, 1.807) is 7.11 Å². The maximum Gasteiger partial charge on any atom is 0.319 e. The molecule has 2 amide bonds. The van der Waals surface area contributed by atoms with Crippen LogP contribution in [0.5, 0.6) is 5.75 Å². The smallest absolute Gasteiger partial charge is 0.319 e. The van der Waals surface area contributed by atoms with Crippen LogP contribution in [-0.4, -0.2) is 19.7 Å². The van der Waals surface area contributed by atoms with E-state index in [-0.39, 0.29) is 6.03 Å². The molecule has 116 valence electrons. The molecule has 0 aromatic heterocycles. The van der Waals surface area contributed by atoms with Crippen molar-refractivity contribution < 1.29 is 9.53 Å². The van der Waals surface area contributed by atoms with E-state index in [0.717, 1.165) is 34.5 Å². The topological polar surface area (TPSA) is 50.4 Å². The Bertz CT molecular complexity index is 653. The van der Waals surface area contributed by atoms with Gasteiger partial charge in [0.1, 0.15) is 5.75 Å². The van der Waals surface area contributed by atoms with Crippen molar-refractivity contribution in [1.82, 2.24) is 5.32 Å². The van der Waals surface area contributed by atoms with Crippen LogP contribution in [0.2, 0.25) is 0 Å². The van der Waals surface area contributed by atoms with Crippen molar-refractivity contribution in [3.8, 4) is 5.75 Å². The highest BCUT2D eigenvalue weighted by molar-refractivity contribution is 5.90. The van der Waals surface area contributed by atoms with Crippen molar-refractivity contribution in [3.63, 3.8) is 0 Å². The Morgan fingerprint density at radius 2 is 1.91 bits per heavy atom. The molecule has 4 nitrogen and oxygen atoms in total. The summed E-state index contributed by atoms with van der Waals surface area (Å²) in [5, 5.41) is 5.76. The summed E-state index contributed by atoms with van der Waals surface area (Å²) < 4.78 is 5.30. The van der Waals surface area contributed by atoms with Gasteiger partial charge in [0.05, 0.1) is 7.11 Å². The summed E-state index contributed by atoms with van der Waals surface area (Å²) in [5.41, 5.74) is 4.09. The molecule has 0 radical (unpaired) electrons. The molecule has 0 bridgehead atoms. The number of urea groups is 1. The van der Waals surface area contributed by atoms with E-state index in [0.29, 0.717) is 6.54 Å². The molecular formula is C18H22N2O2. The van der Waals surface area contributed by atoms with Gasteiger partial charge >= 0.3 is 6.03 Å². The SMILES string of the molecule is COc1ccccc1CCNC(=O)Nc1cc(C)ccc1C. The molecule has 0 heterocycles. The Morgan fingerprint density at radius 3 is 2.68 bits per heavy atom. The fourth-order valence-electron chi connectivity index (χ4n) is 2.26. The largest absolute Gasteiger partial charge is 0.496 e. The lowest BCUT2D eigenvalue weighted by molar-refractivity contribution is 0.252. The highest BCUT2D eigenvalue weighted by Gasteiger charge is 2.06. The first kappa shape index (κ1) is 15.9. The van der Waals surface area contributed by atoms with Crippen LogP contribution in [0.15, 0.2) is 42.5 Å². The van der Waals surface area contributed by atoms with E-state index in [4.69, 9.17) is 4.74 Å². The predicted molar refractivity (Wildman–Crippen MR) is 89.6 cm³/mol. The van der Waals surface area contributed by atoms with Gasteiger partial charge in [-0.1, -0.05) is 30.3 Å². The van der Waals surface area contributed by atoms with Crippen LogP contribution in [0.3, 0.4) is 0 Å². The van der Waals surface area contributed by atoms with E-state index in [1.807, 2.05) is 56.3 Å². The molecule has 0 spiro atoms. The molecule has 0 saturated carbocycles. The zero-order valence-electron chi connectivity index (χ0n) is 13.3. The molecule has 2 N–H and O–H groups in total. The number of aryl methyl sites for hydroxylation is 2. The van der Waals surface area contributed by atoms with Crippen molar-refractivity contribution in [2.24, 2.45) is 0 Å². The molecule has 4 heteroatoms. The van der Waals surface area contributed by atoms with Crippen molar-refractivity contribution in [3.05, 3.63) is 59.2 Å². The van der Waals surface area contributed by atoms with E-state index in [1.165, 1.54) is 0 Å². The number of hydrogen-bond donors (Lipinski definition) is 2. The molecule has 0 fully saturated rings. The molecule has 0 aliphatic rings. The number of methoxy groups -OCH3 is 1. The third-order valence-corrected chi connectivity index (χ3v) is 3.51. The summed E-state index contributed by atoms with van der Waals surface area (Å²) in [6.07, 6.45) is 0.726. The summed E-state index contributed by atoms with van der Waals surface area (Å²) in [6.45, 7) is 4.53. The minimum Gasteiger partial charge on any atom is -0.496 e. The van der Waals surface area contributed by atoms with Crippen LogP contribution in [0.25, 0.3) is 0 Å². The van der Waals surface area contributed by atoms with Gasteiger partial charge in [0, 0.05) is 12.2 Å². The fourth-order valence-corrected chi connectivity index (χ4v) is 2.26. The number of nitrogens with one attached hydrogen (secondary N) is 2. The van der Waals surface area contributed by atoms with Crippen LogP contribution >= 0.6 is 0 Å². The summed E-state index contributed by atoms with van der Waals surface area (Å²) in [4.78, 5) is 12.0. The molecule has 2 aromatic carbocycles. The monoisotopic (exact) mass is 298 g/mol. The molecule has 22 heavy (non-hydrogen) atoms.